The molecular formula is C31H53N5O7. The zero-order valence-electron chi connectivity index (χ0n) is 27.4. The highest BCUT2D eigenvalue weighted by molar-refractivity contribution is 6.37. The molecule has 2 fully saturated rings. The predicted molar refractivity (Wildman–Crippen MR) is 163 cm³/mol. The lowest BCUT2D eigenvalue weighted by Crippen LogP contribution is -2.61. The van der Waals surface area contributed by atoms with E-state index in [1.807, 2.05) is 27.7 Å². The molecule has 43 heavy (non-hydrogen) atoms. The van der Waals surface area contributed by atoms with Crippen LogP contribution in [0.15, 0.2) is 12.7 Å². The Hall–Kier alpha value is -3.44. The van der Waals surface area contributed by atoms with Crippen LogP contribution in [-0.4, -0.2) is 77.7 Å². The minimum atomic E-state index is -1.17. The topological polar surface area (TPSA) is 177 Å². The monoisotopic (exact) mass is 607 g/mol. The summed E-state index contributed by atoms with van der Waals surface area (Å²) in [4.78, 5) is 76.9. The fourth-order valence-corrected chi connectivity index (χ4v) is 4.49. The first-order chi connectivity index (χ1) is 19.7. The van der Waals surface area contributed by atoms with Gasteiger partial charge in [-0.25, -0.2) is 9.59 Å². The van der Waals surface area contributed by atoms with E-state index in [1.54, 1.807) is 20.8 Å². The van der Waals surface area contributed by atoms with Crippen molar-refractivity contribution in [2.45, 2.75) is 112 Å². The van der Waals surface area contributed by atoms with Gasteiger partial charge in [-0.2, -0.15) is 0 Å². The van der Waals surface area contributed by atoms with E-state index < -0.39 is 65.1 Å². The Morgan fingerprint density at radius 3 is 1.98 bits per heavy atom. The lowest BCUT2D eigenvalue weighted by atomic mass is 9.85. The second kappa shape index (κ2) is 15.9. The number of amides is 5. The number of nitrogens with one attached hydrogen (secondary N) is 3. The van der Waals surface area contributed by atoms with Gasteiger partial charge in [-0.05, 0) is 42.4 Å². The van der Waals surface area contributed by atoms with Crippen LogP contribution in [0, 0.1) is 22.7 Å². The van der Waals surface area contributed by atoms with Crippen molar-refractivity contribution in [1.29, 1.82) is 0 Å². The SMILES string of the molecule is C=CCOC(=O)C(CC(C)(C)C)NC(=O)NC(C(=O)N1CC(C)CC1C(=O)NC(C)C(=O)C(N)=O)C(C)(C)C.CC1CC1. The number of ether oxygens (including phenoxy) is 1. The fourth-order valence-electron chi connectivity index (χ4n) is 4.49. The van der Waals surface area contributed by atoms with E-state index >= 15 is 0 Å². The second-order valence-electron chi connectivity index (χ2n) is 14.1. The number of Topliss-reactive ketones (excluding diaryl/α,β-unsaturated/α-hetero) is 1. The van der Waals surface area contributed by atoms with Crippen molar-refractivity contribution in [2.24, 2.45) is 28.4 Å². The molecule has 1 saturated carbocycles. The number of carbonyl (C=O) groups excluding carboxylic acids is 6. The maximum atomic E-state index is 13.8. The van der Waals surface area contributed by atoms with Crippen LogP contribution in [0.5, 0.6) is 0 Å². The number of rotatable bonds is 11. The molecule has 1 aliphatic heterocycles. The Balaban J connectivity index is 0.00000212. The normalized spacial score (nSPS) is 20.3. The predicted octanol–water partition coefficient (Wildman–Crippen LogP) is 2.45. The summed E-state index contributed by atoms with van der Waals surface area (Å²) in [7, 11) is 0. The van der Waals surface area contributed by atoms with Gasteiger partial charge in [-0.1, -0.05) is 80.9 Å². The van der Waals surface area contributed by atoms with Crippen molar-refractivity contribution in [3.8, 4) is 0 Å². The van der Waals surface area contributed by atoms with E-state index in [-0.39, 0.29) is 24.5 Å². The summed E-state index contributed by atoms with van der Waals surface area (Å²) in [5.74, 6) is -2.77. The van der Waals surface area contributed by atoms with Crippen molar-refractivity contribution in [2.75, 3.05) is 13.2 Å². The lowest BCUT2D eigenvalue weighted by molar-refractivity contribution is -0.145. The molecule has 12 nitrogen and oxygen atoms in total. The van der Waals surface area contributed by atoms with Crippen LogP contribution in [0.2, 0.25) is 0 Å². The number of urea groups is 1. The lowest BCUT2D eigenvalue weighted by Gasteiger charge is -2.36. The molecule has 0 aromatic carbocycles. The van der Waals surface area contributed by atoms with Crippen molar-refractivity contribution in [3.63, 3.8) is 0 Å². The summed E-state index contributed by atoms with van der Waals surface area (Å²) in [5, 5.41) is 7.79. The summed E-state index contributed by atoms with van der Waals surface area (Å²) >= 11 is 0. The molecule has 2 rings (SSSR count). The van der Waals surface area contributed by atoms with E-state index in [0.717, 1.165) is 5.92 Å². The molecule has 5 amide bonds. The van der Waals surface area contributed by atoms with Crippen LogP contribution in [-0.2, 0) is 28.7 Å². The molecule has 0 aromatic rings. The van der Waals surface area contributed by atoms with Gasteiger partial charge in [0.15, 0.2) is 0 Å². The van der Waals surface area contributed by atoms with E-state index in [4.69, 9.17) is 10.5 Å². The first kappa shape index (κ1) is 37.6. The fraction of sp³-hybridized carbons (Fsp3) is 0.742. The van der Waals surface area contributed by atoms with Crippen molar-refractivity contribution in [3.05, 3.63) is 12.7 Å². The number of primary amides is 1. The molecule has 12 heteroatoms. The molecule has 5 N–H and O–H groups in total. The zero-order chi connectivity index (χ0) is 33.3. The van der Waals surface area contributed by atoms with Crippen LogP contribution in [0.4, 0.5) is 4.79 Å². The Morgan fingerprint density at radius 1 is 0.977 bits per heavy atom. The molecule has 244 valence electrons. The van der Waals surface area contributed by atoms with Gasteiger partial charge in [-0.15, -0.1) is 0 Å². The molecule has 0 radical (unpaired) electrons. The third-order valence-corrected chi connectivity index (χ3v) is 7.10. The highest BCUT2D eigenvalue weighted by Crippen LogP contribution is 2.29. The maximum Gasteiger partial charge on any atom is 0.329 e. The van der Waals surface area contributed by atoms with E-state index in [0.29, 0.717) is 12.8 Å². The largest absolute Gasteiger partial charge is 0.460 e. The van der Waals surface area contributed by atoms with Gasteiger partial charge in [0.05, 0.1) is 6.04 Å². The number of esters is 1. The number of likely N-dealkylation sites (tertiary alicyclic amines) is 1. The Labute approximate surface area is 256 Å². The van der Waals surface area contributed by atoms with Crippen molar-refractivity contribution in [1.82, 2.24) is 20.9 Å². The molecule has 0 spiro atoms. The summed E-state index contributed by atoms with van der Waals surface area (Å²) < 4.78 is 5.14. The molecule has 1 aliphatic carbocycles. The molecular weight excluding hydrogens is 554 g/mol. The van der Waals surface area contributed by atoms with E-state index in [1.165, 1.54) is 30.7 Å². The number of hydrogen-bond donors (Lipinski definition) is 4. The second-order valence-corrected chi connectivity index (χ2v) is 14.1. The first-order valence-electron chi connectivity index (χ1n) is 15.0. The van der Waals surface area contributed by atoms with Crippen LogP contribution in [0.1, 0.15) is 88.0 Å². The summed E-state index contributed by atoms with van der Waals surface area (Å²) in [6.45, 7) is 20.3. The minimum Gasteiger partial charge on any atom is -0.460 e. The minimum absolute atomic E-state index is 0.00781. The van der Waals surface area contributed by atoms with Crippen LogP contribution < -0.4 is 21.7 Å². The third-order valence-electron chi connectivity index (χ3n) is 7.10. The Bertz CT molecular complexity index is 1040. The van der Waals surface area contributed by atoms with E-state index in [9.17, 15) is 28.8 Å². The summed E-state index contributed by atoms with van der Waals surface area (Å²) in [5.41, 5.74) is 3.94. The number of nitrogens with zero attached hydrogens (tertiary/aromatic N) is 1. The number of ketones is 1. The highest BCUT2D eigenvalue weighted by atomic mass is 16.5. The number of hydrogen-bond acceptors (Lipinski definition) is 7. The maximum absolute atomic E-state index is 13.8. The van der Waals surface area contributed by atoms with Crippen molar-refractivity contribution < 1.29 is 33.5 Å². The highest BCUT2D eigenvalue weighted by Gasteiger charge is 2.44. The van der Waals surface area contributed by atoms with Crippen LogP contribution in [0.25, 0.3) is 0 Å². The zero-order valence-corrected chi connectivity index (χ0v) is 27.4. The smallest absolute Gasteiger partial charge is 0.329 e. The van der Waals surface area contributed by atoms with Gasteiger partial charge >= 0.3 is 12.0 Å². The first-order valence-corrected chi connectivity index (χ1v) is 15.0. The number of carbonyl (C=O) groups is 6. The molecule has 5 unspecified atom stereocenters. The molecule has 5 atom stereocenters. The van der Waals surface area contributed by atoms with Gasteiger partial charge in [0, 0.05) is 6.54 Å². The molecule has 0 aromatic heterocycles. The van der Waals surface area contributed by atoms with Crippen LogP contribution >= 0.6 is 0 Å². The summed E-state index contributed by atoms with van der Waals surface area (Å²) in [6.07, 6.45) is 5.02. The van der Waals surface area contributed by atoms with Gasteiger partial charge in [-0.3, -0.25) is 19.2 Å². The van der Waals surface area contributed by atoms with Crippen molar-refractivity contribution >= 4 is 35.5 Å². The van der Waals surface area contributed by atoms with Crippen LogP contribution in [0.3, 0.4) is 0 Å². The van der Waals surface area contributed by atoms with E-state index in [2.05, 4.69) is 29.5 Å². The molecule has 1 saturated heterocycles. The average Bonchev–Trinajstić information content (AvgIpc) is 3.56. The quantitative estimate of drug-likeness (QED) is 0.158. The molecule has 1 heterocycles. The standard InChI is InChI=1S/C27H45N5O7.C4H8/c1-10-11-39-24(37)17(13-26(4,5)6)30-25(38)31-20(27(7,8)9)23(36)32-14-15(2)12-18(32)22(35)29-16(3)19(33)21(28)34;1-4-2-3-4/h10,15-18,20H,1,11-14H2,2-9H3,(H2,28,34)(H,29,35)(H2,30,31,38);4H,2-3H2,1H3. The molecule has 2 aliphatic rings. The van der Waals surface area contributed by atoms with Gasteiger partial charge in [0.25, 0.3) is 5.91 Å². The van der Waals surface area contributed by atoms with Gasteiger partial charge in [0.2, 0.25) is 17.6 Å². The molecule has 0 bridgehead atoms. The van der Waals surface area contributed by atoms with Gasteiger partial charge in [0.1, 0.15) is 24.7 Å². The van der Waals surface area contributed by atoms with Gasteiger partial charge < -0.3 is 31.3 Å². The Kier molecular flexibility index (Phi) is 13.9. The third kappa shape index (κ3) is 13.2. The average molecular weight is 608 g/mol. The summed E-state index contributed by atoms with van der Waals surface area (Å²) in [6, 6.07) is -4.81. The Morgan fingerprint density at radius 2 is 1.53 bits per heavy atom. The number of nitrogens with two attached hydrogens (primary N) is 1.